The first-order valence-electron chi connectivity index (χ1n) is 9.09. The van der Waals surface area contributed by atoms with E-state index in [1.165, 1.54) is 11.8 Å². The molecule has 0 radical (unpaired) electrons. The number of rotatable bonds is 4. The second-order valence-electron chi connectivity index (χ2n) is 7.04. The molecule has 2 aromatic rings. The Kier molecular flexibility index (Phi) is 5.93. The molecule has 5 nitrogen and oxygen atoms in total. The zero-order valence-corrected chi connectivity index (χ0v) is 18.4. The molecule has 0 bridgehead atoms. The Labute approximate surface area is 184 Å². The minimum Gasteiger partial charge on any atom is -0.314 e. The van der Waals surface area contributed by atoms with E-state index < -0.39 is 9.84 Å². The lowest BCUT2D eigenvalue weighted by Crippen LogP contribution is -2.37. The molecule has 0 saturated carbocycles. The molecule has 4 rings (SSSR count). The normalized spacial score (nSPS) is 24.1. The number of fused-ring (bicyclic) bond motifs is 1. The van der Waals surface area contributed by atoms with E-state index in [9.17, 15) is 13.2 Å². The molecule has 2 aromatic carbocycles. The van der Waals surface area contributed by atoms with Gasteiger partial charge >= 0.3 is 0 Å². The van der Waals surface area contributed by atoms with Crippen LogP contribution in [0, 0.1) is 0 Å². The Hall–Kier alpha value is -1.54. The summed E-state index contributed by atoms with van der Waals surface area (Å²) >= 11 is 13.7. The van der Waals surface area contributed by atoms with Crippen LogP contribution in [-0.4, -0.2) is 42.3 Å². The lowest BCUT2D eigenvalue weighted by Gasteiger charge is -2.25. The van der Waals surface area contributed by atoms with Gasteiger partial charge in [0.2, 0.25) is 5.91 Å². The molecule has 1 amide bonds. The van der Waals surface area contributed by atoms with Gasteiger partial charge in [0.1, 0.15) is 0 Å². The number of sulfone groups is 1. The van der Waals surface area contributed by atoms with Gasteiger partial charge in [0.05, 0.1) is 28.3 Å². The van der Waals surface area contributed by atoms with Gasteiger partial charge < -0.3 is 4.90 Å². The van der Waals surface area contributed by atoms with Gasteiger partial charge in [-0.25, -0.2) is 8.42 Å². The van der Waals surface area contributed by atoms with Gasteiger partial charge in [0.25, 0.3) is 0 Å². The van der Waals surface area contributed by atoms with Crippen molar-refractivity contribution in [3.63, 3.8) is 0 Å². The number of amidine groups is 1. The smallest absolute Gasteiger partial charge is 0.248 e. The SMILES string of the molecule is O=C(CCc1ccccc1)N=C1S[C@H]2CS(=O)(=O)C[C@H]2N1c1ccc(Cl)cc1Cl. The highest BCUT2D eigenvalue weighted by Crippen LogP contribution is 2.43. The molecule has 0 N–H and O–H groups in total. The van der Waals surface area contributed by atoms with Crippen LogP contribution >= 0.6 is 35.0 Å². The zero-order chi connectivity index (χ0) is 20.6. The monoisotopic (exact) mass is 468 g/mol. The average Bonchev–Trinajstić information content (AvgIpc) is 3.12. The van der Waals surface area contributed by atoms with E-state index in [1.54, 1.807) is 23.1 Å². The molecule has 2 fully saturated rings. The molecule has 29 heavy (non-hydrogen) atoms. The fourth-order valence-electron chi connectivity index (χ4n) is 3.58. The lowest BCUT2D eigenvalue weighted by atomic mass is 10.1. The molecule has 0 spiro atoms. The number of amides is 1. The van der Waals surface area contributed by atoms with Crippen LogP contribution in [0.15, 0.2) is 53.5 Å². The van der Waals surface area contributed by atoms with E-state index in [0.29, 0.717) is 27.3 Å². The van der Waals surface area contributed by atoms with Crippen LogP contribution in [0.4, 0.5) is 5.69 Å². The van der Waals surface area contributed by atoms with E-state index in [0.717, 1.165) is 5.56 Å². The third kappa shape index (κ3) is 4.63. The van der Waals surface area contributed by atoms with Crippen LogP contribution in [-0.2, 0) is 21.1 Å². The van der Waals surface area contributed by atoms with E-state index >= 15 is 0 Å². The minimum absolute atomic E-state index is 0.0147. The van der Waals surface area contributed by atoms with Crippen molar-refractivity contribution in [3.8, 4) is 0 Å². The van der Waals surface area contributed by atoms with Crippen molar-refractivity contribution in [2.45, 2.75) is 24.1 Å². The maximum atomic E-state index is 12.5. The number of carbonyl (C=O) groups is 1. The zero-order valence-electron chi connectivity index (χ0n) is 15.3. The average molecular weight is 469 g/mol. The summed E-state index contributed by atoms with van der Waals surface area (Å²) in [6.07, 6.45) is 0.883. The summed E-state index contributed by atoms with van der Waals surface area (Å²) in [5.74, 6) is -0.156. The first-order valence-corrected chi connectivity index (χ1v) is 12.5. The number of nitrogens with zero attached hydrogens (tertiary/aromatic N) is 2. The Morgan fingerprint density at radius 2 is 1.90 bits per heavy atom. The molecule has 9 heteroatoms. The van der Waals surface area contributed by atoms with Crippen molar-refractivity contribution >= 4 is 61.6 Å². The van der Waals surface area contributed by atoms with Gasteiger partial charge in [0.15, 0.2) is 15.0 Å². The standard InChI is InChI=1S/C20H18Cl2N2O3S2/c21-14-7-8-16(15(22)10-14)24-17-11-29(26,27)12-18(17)28-20(24)23-19(25)9-6-13-4-2-1-3-5-13/h1-5,7-8,10,17-18H,6,9,11-12H2/t17-,18+/m1/s1. The highest BCUT2D eigenvalue weighted by molar-refractivity contribution is 8.16. The topological polar surface area (TPSA) is 66.8 Å². The molecular weight excluding hydrogens is 451 g/mol. The van der Waals surface area contributed by atoms with Crippen molar-refractivity contribution in [2.24, 2.45) is 4.99 Å². The maximum Gasteiger partial charge on any atom is 0.248 e. The van der Waals surface area contributed by atoms with Crippen LogP contribution in [0.3, 0.4) is 0 Å². The van der Waals surface area contributed by atoms with Gasteiger partial charge in [-0.1, -0.05) is 65.3 Å². The van der Waals surface area contributed by atoms with Crippen LogP contribution in [0.2, 0.25) is 10.0 Å². The van der Waals surface area contributed by atoms with E-state index in [1.807, 2.05) is 30.3 Å². The molecule has 2 heterocycles. The Balaban J connectivity index is 1.60. The van der Waals surface area contributed by atoms with Crippen molar-refractivity contribution in [1.82, 2.24) is 0 Å². The number of carbonyl (C=O) groups excluding carboxylic acids is 1. The Morgan fingerprint density at radius 3 is 2.62 bits per heavy atom. The van der Waals surface area contributed by atoms with Crippen LogP contribution in [0.1, 0.15) is 12.0 Å². The number of benzene rings is 2. The van der Waals surface area contributed by atoms with Gasteiger partial charge in [-0.3, -0.25) is 4.79 Å². The number of anilines is 1. The summed E-state index contributed by atoms with van der Waals surface area (Å²) in [5, 5.41) is 1.20. The van der Waals surface area contributed by atoms with Crippen LogP contribution in [0.25, 0.3) is 0 Å². The molecule has 0 aromatic heterocycles. The number of hydrogen-bond acceptors (Lipinski definition) is 4. The maximum absolute atomic E-state index is 12.5. The van der Waals surface area contributed by atoms with Crippen LogP contribution in [0.5, 0.6) is 0 Å². The third-order valence-corrected chi connectivity index (χ3v) is 8.67. The molecule has 2 aliphatic rings. The van der Waals surface area contributed by atoms with Gasteiger partial charge in [0, 0.05) is 16.7 Å². The van der Waals surface area contributed by atoms with Crippen molar-refractivity contribution in [3.05, 3.63) is 64.1 Å². The Bertz CT molecular complexity index is 1070. The predicted octanol–water partition coefficient (Wildman–Crippen LogP) is 4.23. The largest absolute Gasteiger partial charge is 0.314 e. The fourth-order valence-corrected chi connectivity index (χ4v) is 8.01. The highest BCUT2D eigenvalue weighted by Gasteiger charge is 2.49. The molecule has 0 aliphatic carbocycles. The molecule has 2 atom stereocenters. The lowest BCUT2D eigenvalue weighted by molar-refractivity contribution is -0.117. The highest BCUT2D eigenvalue weighted by atomic mass is 35.5. The quantitative estimate of drug-likeness (QED) is 0.671. The van der Waals surface area contributed by atoms with Gasteiger partial charge in [-0.2, -0.15) is 4.99 Å². The molecule has 2 saturated heterocycles. The molecule has 2 aliphatic heterocycles. The van der Waals surface area contributed by atoms with Gasteiger partial charge in [-0.15, -0.1) is 0 Å². The van der Waals surface area contributed by atoms with Crippen molar-refractivity contribution in [2.75, 3.05) is 16.4 Å². The number of aryl methyl sites for hydroxylation is 1. The Morgan fingerprint density at radius 1 is 1.14 bits per heavy atom. The summed E-state index contributed by atoms with van der Waals surface area (Å²) in [5.41, 5.74) is 1.68. The van der Waals surface area contributed by atoms with Crippen LogP contribution < -0.4 is 4.90 Å². The first-order chi connectivity index (χ1) is 13.8. The summed E-state index contributed by atoms with van der Waals surface area (Å²) in [6.45, 7) is 0. The summed E-state index contributed by atoms with van der Waals surface area (Å²) in [7, 11) is -3.14. The minimum atomic E-state index is -3.14. The number of thioether (sulfide) groups is 1. The summed E-state index contributed by atoms with van der Waals surface area (Å²) in [6, 6.07) is 14.5. The van der Waals surface area contributed by atoms with E-state index in [2.05, 4.69) is 4.99 Å². The molecule has 152 valence electrons. The molecule has 0 unspecified atom stereocenters. The third-order valence-electron chi connectivity index (χ3n) is 4.93. The second kappa shape index (κ2) is 8.30. The summed E-state index contributed by atoms with van der Waals surface area (Å²) < 4.78 is 24.3. The van der Waals surface area contributed by atoms with Crippen molar-refractivity contribution in [1.29, 1.82) is 0 Å². The number of hydrogen-bond donors (Lipinski definition) is 0. The van der Waals surface area contributed by atoms with E-state index in [-0.39, 0.29) is 35.1 Å². The van der Waals surface area contributed by atoms with Crippen molar-refractivity contribution < 1.29 is 13.2 Å². The fraction of sp³-hybridized carbons (Fsp3) is 0.300. The second-order valence-corrected chi connectivity index (χ2v) is 11.2. The summed E-state index contributed by atoms with van der Waals surface area (Å²) in [4.78, 5) is 18.6. The number of aliphatic imine (C=N–C) groups is 1. The predicted molar refractivity (Wildman–Crippen MR) is 120 cm³/mol. The molecular formula is C20H18Cl2N2O3S2. The number of halogens is 2. The van der Waals surface area contributed by atoms with E-state index in [4.69, 9.17) is 23.2 Å². The van der Waals surface area contributed by atoms with Gasteiger partial charge in [-0.05, 0) is 30.2 Å². The first kappa shape index (κ1) is 20.7.